The molecule has 1 amide bonds. The minimum atomic E-state index is 0.0202. The predicted molar refractivity (Wildman–Crippen MR) is 82.8 cm³/mol. The molecule has 0 N–H and O–H groups in total. The molecule has 0 aromatic heterocycles. The molecule has 1 atom stereocenters. The van der Waals surface area contributed by atoms with Gasteiger partial charge >= 0.3 is 0 Å². The van der Waals surface area contributed by atoms with E-state index < -0.39 is 0 Å². The second kappa shape index (κ2) is 7.65. The number of nitrogens with zero attached hydrogens (tertiary/aromatic N) is 2. The Bertz CT molecular complexity index is 424. The molecule has 3 nitrogen and oxygen atoms in total. The summed E-state index contributed by atoms with van der Waals surface area (Å²) in [4.78, 5) is 15.8. The van der Waals surface area contributed by atoms with Gasteiger partial charge in [-0.3, -0.25) is 9.69 Å². The van der Waals surface area contributed by atoms with Crippen LogP contribution in [0.4, 0.5) is 0 Å². The first-order chi connectivity index (χ1) is 9.69. The molecule has 110 valence electrons. The molecule has 1 aromatic carbocycles. The third-order valence-corrected chi connectivity index (χ3v) is 4.15. The van der Waals surface area contributed by atoms with Crippen molar-refractivity contribution < 1.29 is 4.79 Å². The highest BCUT2D eigenvalue weighted by atomic mass is 35.5. The number of carbonyl (C=O) groups excluding carboxylic acids is 1. The van der Waals surface area contributed by atoms with E-state index in [0.29, 0.717) is 5.92 Å². The Morgan fingerprint density at radius 2 is 2.15 bits per heavy atom. The van der Waals surface area contributed by atoms with Crippen molar-refractivity contribution in [2.45, 2.75) is 19.4 Å². The van der Waals surface area contributed by atoms with Crippen LogP contribution < -0.4 is 0 Å². The Morgan fingerprint density at radius 1 is 1.40 bits per heavy atom. The molecule has 1 saturated heterocycles. The van der Waals surface area contributed by atoms with Gasteiger partial charge in [0.05, 0.1) is 0 Å². The molecule has 0 spiro atoms. The third-order valence-electron chi connectivity index (χ3n) is 3.92. The van der Waals surface area contributed by atoms with E-state index >= 15 is 0 Å². The van der Waals surface area contributed by atoms with Crippen molar-refractivity contribution in [3.8, 4) is 0 Å². The molecule has 0 bridgehead atoms. The first kappa shape index (κ1) is 15.3. The number of carbonyl (C=O) groups is 1. The van der Waals surface area contributed by atoms with E-state index in [4.69, 9.17) is 11.6 Å². The fraction of sp³-hybridized carbons (Fsp3) is 0.562. The highest BCUT2D eigenvalue weighted by Gasteiger charge is 2.22. The SMILES string of the molecule is CN(C[C@@H]1CCCN(Cc2ccccc2)C1)C(=O)CCl. The van der Waals surface area contributed by atoms with Gasteiger partial charge in [0.1, 0.15) is 5.88 Å². The van der Waals surface area contributed by atoms with E-state index in [1.54, 1.807) is 4.90 Å². The summed E-state index contributed by atoms with van der Waals surface area (Å²) in [5.41, 5.74) is 1.36. The summed E-state index contributed by atoms with van der Waals surface area (Å²) in [6.45, 7) is 4.04. The highest BCUT2D eigenvalue weighted by molar-refractivity contribution is 6.27. The lowest BCUT2D eigenvalue weighted by molar-refractivity contribution is -0.128. The average molecular weight is 295 g/mol. The number of piperidine rings is 1. The summed E-state index contributed by atoms with van der Waals surface area (Å²) in [6, 6.07) is 10.6. The number of alkyl halides is 1. The Hall–Kier alpha value is -1.06. The van der Waals surface area contributed by atoms with Gasteiger partial charge in [-0.05, 0) is 30.9 Å². The van der Waals surface area contributed by atoms with Gasteiger partial charge in [0, 0.05) is 26.7 Å². The van der Waals surface area contributed by atoms with E-state index in [2.05, 4.69) is 35.2 Å². The zero-order chi connectivity index (χ0) is 14.4. The molecule has 0 radical (unpaired) electrons. The van der Waals surface area contributed by atoms with Crippen LogP contribution in [0.1, 0.15) is 18.4 Å². The van der Waals surface area contributed by atoms with Gasteiger partial charge in [-0.25, -0.2) is 0 Å². The van der Waals surface area contributed by atoms with Gasteiger partial charge in [-0.2, -0.15) is 0 Å². The number of likely N-dealkylation sites (tertiary alicyclic amines) is 1. The first-order valence-corrected chi connectivity index (χ1v) is 7.78. The van der Waals surface area contributed by atoms with Crippen LogP contribution in [0.2, 0.25) is 0 Å². The summed E-state index contributed by atoms with van der Waals surface area (Å²) in [5.74, 6) is 0.660. The van der Waals surface area contributed by atoms with Gasteiger partial charge in [-0.1, -0.05) is 30.3 Å². The number of amides is 1. The summed E-state index contributed by atoms with van der Waals surface area (Å²) < 4.78 is 0. The highest BCUT2D eigenvalue weighted by Crippen LogP contribution is 2.19. The molecule has 0 saturated carbocycles. The van der Waals surface area contributed by atoms with Gasteiger partial charge in [0.25, 0.3) is 0 Å². The average Bonchev–Trinajstić information content (AvgIpc) is 2.47. The van der Waals surface area contributed by atoms with Gasteiger partial charge < -0.3 is 4.90 Å². The standard InChI is InChI=1S/C16H23ClN2O/c1-18(16(20)10-17)11-15-8-5-9-19(13-15)12-14-6-3-2-4-7-14/h2-4,6-7,15H,5,8-13H2,1H3/t15-/m0/s1. The van der Waals surface area contributed by atoms with Crippen LogP contribution in [0, 0.1) is 5.92 Å². The van der Waals surface area contributed by atoms with Crippen LogP contribution in [-0.4, -0.2) is 48.3 Å². The second-order valence-corrected chi connectivity index (χ2v) is 5.90. The minimum absolute atomic E-state index is 0.0202. The van der Waals surface area contributed by atoms with Crippen molar-refractivity contribution >= 4 is 17.5 Å². The minimum Gasteiger partial charge on any atom is -0.344 e. The third kappa shape index (κ3) is 4.50. The number of benzene rings is 1. The van der Waals surface area contributed by atoms with Crippen LogP contribution in [-0.2, 0) is 11.3 Å². The molecule has 1 aromatic rings. The molecular weight excluding hydrogens is 272 g/mol. The maximum atomic E-state index is 11.5. The van der Waals surface area contributed by atoms with Crippen LogP contribution >= 0.6 is 11.6 Å². The molecule has 0 aliphatic carbocycles. The molecule has 0 unspecified atom stereocenters. The smallest absolute Gasteiger partial charge is 0.237 e. The van der Waals surface area contributed by atoms with E-state index in [0.717, 1.165) is 26.2 Å². The van der Waals surface area contributed by atoms with Crippen molar-refractivity contribution in [3.05, 3.63) is 35.9 Å². The fourth-order valence-electron chi connectivity index (χ4n) is 2.88. The van der Waals surface area contributed by atoms with Crippen molar-refractivity contribution in [2.24, 2.45) is 5.92 Å². The van der Waals surface area contributed by atoms with Crippen LogP contribution in [0.15, 0.2) is 30.3 Å². The molecular formula is C16H23ClN2O. The lowest BCUT2D eigenvalue weighted by Gasteiger charge is -2.34. The normalized spacial score (nSPS) is 19.8. The van der Waals surface area contributed by atoms with Crippen molar-refractivity contribution in [3.63, 3.8) is 0 Å². The summed E-state index contributed by atoms with van der Waals surface area (Å²) in [7, 11) is 1.85. The lowest BCUT2D eigenvalue weighted by atomic mass is 9.97. The summed E-state index contributed by atoms with van der Waals surface area (Å²) in [6.07, 6.45) is 2.41. The molecule has 1 aliphatic rings. The fourth-order valence-corrected chi connectivity index (χ4v) is 3.08. The Labute approximate surface area is 126 Å². The topological polar surface area (TPSA) is 23.6 Å². The largest absolute Gasteiger partial charge is 0.344 e. The lowest BCUT2D eigenvalue weighted by Crippen LogP contribution is -2.41. The number of rotatable bonds is 5. The van der Waals surface area contributed by atoms with Gasteiger partial charge in [0.15, 0.2) is 0 Å². The molecule has 2 rings (SSSR count). The van der Waals surface area contributed by atoms with E-state index in [-0.39, 0.29) is 11.8 Å². The molecule has 1 aliphatic heterocycles. The Morgan fingerprint density at radius 3 is 2.85 bits per heavy atom. The van der Waals surface area contributed by atoms with E-state index in [9.17, 15) is 4.79 Å². The second-order valence-electron chi connectivity index (χ2n) is 5.64. The van der Waals surface area contributed by atoms with E-state index in [1.165, 1.54) is 18.4 Å². The van der Waals surface area contributed by atoms with Crippen LogP contribution in [0.25, 0.3) is 0 Å². The maximum absolute atomic E-state index is 11.5. The van der Waals surface area contributed by atoms with Gasteiger partial charge in [-0.15, -0.1) is 11.6 Å². The molecule has 1 heterocycles. The molecule has 1 fully saturated rings. The van der Waals surface area contributed by atoms with Crippen LogP contribution in [0.3, 0.4) is 0 Å². The van der Waals surface area contributed by atoms with Crippen LogP contribution in [0.5, 0.6) is 0 Å². The van der Waals surface area contributed by atoms with Crippen molar-refractivity contribution in [1.82, 2.24) is 9.80 Å². The maximum Gasteiger partial charge on any atom is 0.237 e. The first-order valence-electron chi connectivity index (χ1n) is 7.25. The summed E-state index contributed by atoms with van der Waals surface area (Å²) >= 11 is 5.60. The number of hydrogen-bond donors (Lipinski definition) is 0. The predicted octanol–water partition coefficient (Wildman–Crippen LogP) is 2.60. The molecule has 4 heteroatoms. The van der Waals surface area contributed by atoms with Crippen molar-refractivity contribution in [2.75, 3.05) is 32.6 Å². The zero-order valence-corrected chi connectivity index (χ0v) is 12.9. The quantitative estimate of drug-likeness (QED) is 0.780. The van der Waals surface area contributed by atoms with E-state index in [1.807, 2.05) is 7.05 Å². The zero-order valence-electron chi connectivity index (χ0n) is 12.1. The Kier molecular flexibility index (Phi) is 5.86. The molecule has 20 heavy (non-hydrogen) atoms. The summed E-state index contributed by atoms with van der Waals surface area (Å²) in [5, 5.41) is 0. The number of hydrogen-bond acceptors (Lipinski definition) is 2. The number of halogens is 1. The van der Waals surface area contributed by atoms with Crippen molar-refractivity contribution in [1.29, 1.82) is 0 Å². The Balaban J connectivity index is 1.84. The van der Waals surface area contributed by atoms with Gasteiger partial charge in [0.2, 0.25) is 5.91 Å². The monoisotopic (exact) mass is 294 g/mol.